The van der Waals surface area contributed by atoms with E-state index in [1.165, 1.54) is 4.31 Å². The third-order valence-corrected chi connectivity index (χ3v) is 6.41. The minimum atomic E-state index is -3.88. The normalized spacial score (nSPS) is 11.5. The summed E-state index contributed by atoms with van der Waals surface area (Å²) in [6, 6.07) is 12.3. The van der Waals surface area contributed by atoms with Crippen LogP contribution in [0.5, 0.6) is 0 Å². The fourth-order valence-electron chi connectivity index (χ4n) is 2.93. The minimum absolute atomic E-state index is 0.171. The molecule has 0 spiro atoms. The zero-order valence-corrected chi connectivity index (χ0v) is 18.7. The van der Waals surface area contributed by atoms with Gasteiger partial charge in [-0.15, -0.1) is 0 Å². The number of sulfonamides is 1. The van der Waals surface area contributed by atoms with Crippen LogP contribution >= 0.6 is 0 Å². The second kappa shape index (κ2) is 9.89. The minimum Gasteiger partial charge on any atom is -0.354 e. The van der Waals surface area contributed by atoms with E-state index in [4.69, 9.17) is 0 Å². The molecule has 0 atom stereocenters. The van der Waals surface area contributed by atoms with Gasteiger partial charge in [0.05, 0.1) is 10.6 Å². The number of hydrogen-bond donors (Lipinski definition) is 1. The predicted octanol–water partition coefficient (Wildman–Crippen LogP) is 2.88. The van der Waals surface area contributed by atoms with Crippen LogP contribution in [0.3, 0.4) is 0 Å². The number of aryl methyl sites for hydroxylation is 3. The molecule has 7 heteroatoms. The number of nitrogens with zero attached hydrogens (tertiary/aromatic N) is 2. The Morgan fingerprint density at radius 2 is 1.59 bits per heavy atom. The van der Waals surface area contributed by atoms with Crippen molar-refractivity contribution in [2.24, 2.45) is 0 Å². The van der Waals surface area contributed by atoms with Gasteiger partial charge < -0.3 is 10.2 Å². The second-order valence-electron chi connectivity index (χ2n) is 7.62. The molecule has 0 saturated carbocycles. The van der Waals surface area contributed by atoms with Gasteiger partial charge in [-0.1, -0.05) is 29.8 Å². The standard InChI is InChI=1S/C22H31N3O3S/c1-17-8-11-20(12-9-17)29(27,28)25(21-15-18(2)7-10-19(21)3)16-22(26)23-13-6-14-24(4)5/h7-12,15H,6,13-14,16H2,1-5H3,(H,23,26). The Labute approximate surface area is 174 Å². The van der Waals surface area contributed by atoms with Crippen molar-refractivity contribution in [3.63, 3.8) is 0 Å². The van der Waals surface area contributed by atoms with E-state index in [2.05, 4.69) is 5.32 Å². The number of nitrogens with one attached hydrogen (secondary N) is 1. The quantitative estimate of drug-likeness (QED) is 0.637. The summed E-state index contributed by atoms with van der Waals surface area (Å²) in [7, 11) is 0.0559. The van der Waals surface area contributed by atoms with Crippen molar-refractivity contribution in [1.82, 2.24) is 10.2 Å². The lowest BCUT2D eigenvalue weighted by Gasteiger charge is -2.26. The number of carbonyl (C=O) groups is 1. The molecule has 0 aromatic heterocycles. The van der Waals surface area contributed by atoms with Gasteiger partial charge in [0.15, 0.2) is 0 Å². The Morgan fingerprint density at radius 3 is 2.21 bits per heavy atom. The highest BCUT2D eigenvalue weighted by molar-refractivity contribution is 7.92. The molecule has 0 aliphatic heterocycles. The van der Waals surface area contributed by atoms with Gasteiger partial charge in [-0.25, -0.2) is 8.42 Å². The van der Waals surface area contributed by atoms with Crippen LogP contribution in [-0.2, 0) is 14.8 Å². The van der Waals surface area contributed by atoms with Crippen molar-refractivity contribution in [2.45, 2.75) is 32.1 Å². The molecule has 0 fully saturated rings. The molecule has 1 N–H and O–H groups in total. The van der Waals surface area contributed by atoms with Crippen LogP contribution in [0, 0.1) is 20.8 Å². The summed E-state index contributed by atoms with van der Waals surface area (Å²) in [5, 5.41) is 2.83. The van der Waals surface area contributed by atoms with Crippen LogP contribution in [0.2, 0.25) is 0 Å². The Hall–Kier alpha value is -2.38. The molecule has 0 aliphatic rings. The molecule has 0 bridgehead atoms. The topological polar surface area (TPSA) is 69.7 Å². The van der Waals surface area contributed by atoms with Gasteiger partial charge in [0.25, 0.3) is 10.0 Å². The molecule has 0 unspecified atom stereocenters. The van der Waals surface area contributed by atoms with Crippen LogP contribution in [-0.4, -0.2) is 53.0 Å². The molecule has 0 radical (unpaired) electrons. The molecule has 29 heavy (non-hydrogen) atoms. The molecule has 0 heterocycles. The lowest BCUT2D eigenvalue weighted by atomic mass is 10.1. The molecule has 0 aliphatic carbocycles. The van der Waals surface area contributed by atoms with E-state index in [1.54, 1.807) is 30.3 Å². The second-order valence-corrected chi connectivity index (χ2v) is 9.48. The van der Waals surface area contributed by atoms with Gasteiger partial charge in [-0.2, -0.15) is 0 Å². The number of rotatable bonds is 9. The largest absolute Gasteiger partial charge is 0.354 e. The number of anilines is 1. The predicted molar refractivity (Wildman–Crippen MR) is 118 cm³/mol. The third kappa shape index (κ3) is 6.30. The molecule has 6 nitrogen and oxygen atoms in total. The molecular formula is C22H31N3O3S. The van der Waals surface area contributed by atoms with Crippen molar-refractivity contribution in [3.05, 3.63) is 59.2 Å². The van der Waals surface area contributed by atoms with Crippen molar-refractivity contribution in [3.8, 4) is 0 Å². The highest BCUT2D eigenvalue weighted by atomic mass is 32.2. The maximum atomic E-state index is 13.4. The summed E-state index contributed by atoms with van der Waals surface area (Å²) in [5.41, 5.74) is 3.22. The Bertz CT molecular complexity index is 938. The first-order valence-corrected chi connectivity index (χ1v) is 11.1. The maximum Gasteiger partial charge on any atom is 0.264 e. The van der Waals surface area contributed by atoms with Crippen molar-refractivity contribution in [2.75, 3.05) is 38.0 Å². The summed E-state index contributed by atoms with van der Waals surface area (Å²) in [6.45, 7) is 6.75. The van der Waals surface area contributed by atoms with Crippen LogP contribution in [0.4, 0.5) is 5.69 Å². The highest BCUT2D eigenvalue weighted by Crippen LogP contribution is 2.28. The smallest absolute Gasteiger partial charge is 0.264 e. The van der Waals surface area contributed by atoms with Crippen LogP contribution in [0.25, 0.3) is 0 Å². The summed E-state index contributed by atoms with van der Waals surface area (Å²) >= 11 is 0. The zero-order chi connectivity index (χ0) is 21.6. The zero-order valence-electron chi connectivity index (χ0n) is 17.9. The fraction of sp³-hybridized carbons (Fsp3) is 0.409. The monoisotopic (exact) mass is 417 g/mol. The molecule has 1 amide bonds. The maximum absolute atomic E-state index is 13.4. The van der Waals surface area contributed by atoms with Crippen LogP contribution < -0.4 is 9.62 Å². The SMILES string of the molecule is Cc1ccc(S(=O)(=O)N(CC(=O)NCCCN(C)C)c2cc(C)ccc2C)cc1. The van der Waals surface area contributed by atoms with E-state index in [9.17, 15) is 13.2 Å². The molecule has 2 rings (SSSR count). The van der Waals surface area contributed by atoms with Crippen molar-refractivity contribution >= 4 is 21.6 Å². The van der Waals surface area contributed by atoms with E-state index in [1.807, 2.05) is 51.9 Å². The van der Waals surface area contributed by atoms with E-state index in [0.29, 0.717) is 12.2 Å². The molecular weight excluding hydrogens is 386 g/mol. The van der Waals surface area contributed by atoms with E-state index in [0.717, 1.165) is 29.7 Å². The van der Waals surface area contributed by atoms with E-state index >= 15 is 0 Å². The molecule has 2 aromatic rings. The summed E-state index contributed by atoms with van der Waals surface area (Å²) < 4.78 is 28.0. The average Bonchev–Trinajstić information content (AvgIpc) is 2.65. The lowest BCUT2D eigenvalue weighted by Crippen LogP contribution is -2.41. The highest BCUT2D eigenvalue weighted by Gasteiger charge is 2.28. The third-order valence-electron chi connectivity index (χ3n) is 4.63. The number of carbonyl (C=O) groups excluding carboxylic acids is 1. The van der Waals surface area contributed by atoms with Gasteiger partial charge >= 0.3 is 0 Å². The van der Waals surface area contributed by atoms with Crippen molar-refractivity contribution in [1.29, 1.82) is 0 Å². The van der Waals surface area contributed by atoms with Gasteiger partial charge in [0.1, 0.15) is 6.54 Å². The van der Waals surface area contributed by atoms with Crippen LogP contribution in [0.15, 0.2) is 47.4 Å². The first-order valence-electron chi connectivity index (χ1n) is 9.69. The number of amides is 1. The van der Waals surface area contributed by atoms with Crippen LogP contribution in [0.1, 0.15) is 23.1 Å². The number of hydrogen-bond acceptors (Lipinski definition) is 4. The fourth-order valence-corrected chi connectivity index (χ4v) is 4.41. The molecule has 0 saturated heterocycles. The Morgan fingerprint density at radius 1 is 0.966 bits per heavy atom. The van der Waals surface area contributed by atoms with E-state index in [-0.39, 0.29) is 17.3 Å². The van der Waals surface area contributed by atoms with Gasteiger partial charge in [0, 0.05) is 6.54 Å². The molecule has 158 valence electrons. The Kier molecular flexibility index (Phi) is 7.81. The Balaban J connectivity index is 2.32. The van der Waals surface area contributed by atoms with Crippen molar-refractivity contribution < 1.29 is 13.2 Å². The summed E-state index contributed by atoms with van der Waals surface area (Å²) in [5.74, 6) is -0.319. The lowest BCUT2D eigenvalue weighted by molar-refractivity contribution is -0.119. The summed E-state index contributed by atoms with van der Waals surface area (Å²) in [4.78, 5) is 14.8. The van der Waals surface area contributed by atoms with E-state index < -0.39 is 10.0 Å². The first kappa shape index (κ1) is 22.9. The van der Waals surface area contributed by atoms with Gasteiger partial charge in [-0.05, 0) is 77.2 Å². The first-order chi connectivity index (χ1) is 13.6. The molecule has 2 aromatic carbocycles. The number of benzene rings is 2. The average molecular weight is 418 g/mol. The van der Waals surface area contributed by atoms with Gasteiger partial charge in [-0.3, -0.25) is 9.10 Å². The van der Waals surface area contributed by atoms with Gasteiger partial charge in [0.2, 0.25) is 5.91 Å². The summed E-state index contributed by atoms with van der Waals surface area (Å²) in [6.07, 6.45) is 0.799.